The van der Waals surface area contributed by atoms with Crippen molar-refractivity contribution < 1.29 is 14.7 Å². The molecule has 2 aliphatic rings. The van der Waals surface area contributed by atoms with E-state index in [1.165, 1.54) is 0 Å². The lowest BCUT2D eigenvalue weighted by Gasteiger charge is -2.23. The van der Waals surface area contributed by atoms with Gasteiger partial charge in [-0.3, -0.25) is 14.6 Å². The Morgan fingerprint density at radius 2 is 1.86 bits per heavy atom. The largest absolute Gasteiger partial charge is 0.481 e. The summed E-state index contributed by atoms with van der Waals surface area (Å²) in [5.74, 6) is -1.88. The smallest absolute Gasteiger partial charge is 0.307 e. The fourth-order valence-corrected chi connectivity index (χ4v) is 3.51. The van der Waals surface area contributed by atoms with Gasteiger partial charge in [-0.15, -0.1) is 0 Å². The number of carbonyl (C=O) groups excluding carboxylic acids is 1. The van der Waals surface area contributed by atoms with Gasteiger partial charge in [0.05, 0.1) is 11.8 Å². The molecule has 3 rings (SSSR count). The second kappa shape index (κ2) is 5.68. The van der Waals surface area contributed by atoms with Crippen LogP contribution >= 0.6 is 0 Å². The first kappa shape index (κ1) is 13.8. The first-order chi connectivity index (χ1) is 10.2. The summed E-state index contributed by atoms with van der Waals surface area (Å²) in [5, 5.41) is 12.2. The molecule has 1 saturated carbocycles. The van der Waals surface area contributed by atoms with Gasteiger partial charge < -0.3 is 10.4 Å². The third-order valence-electron chi connectivity index (χ3n) is 4.51. The Morgan fingerprint density at radius 3 is 2.52 bits per heavy atom. The number of rotatable bonds is 5. The maximum absolute atomic E-state index is 12.3. The Morgan fingerprint density at radius 1 is 1.19 bits per heavy atom. The van der Waals surface area contributed by atoms with E-state index in [2.05, 4.69) is 10.3 Å². The highest BCUT2D eigenvalue weighted by molar-refractivity contribution is 5.86. The minimum atomic E-state index is -0.860. The van der Waals surface area contributed by atoms with Crippen molar-refractivity contribution in [3.8, 4) is 0 Å². The molecule has 0 radical (unpaired) electrons. The molecule has 4 unspecified atom stereocenters. The van der Waals surface area contributed by atoms with Gasteiger partial charge in [0.1, 0.15) is 0 Å². The monoisotopic (exact) mass is 286 g/mol. The molecule has 1 fully saturated rings. The van der Waals surface area contributed by atoms with Crippen LogP contribution in [-0.2, 0) is 16.0 Å². The highest BCUT2D eigenvalue weighted by Crippen LogP contribution is 2.48. The van der Waals surface area contributed by atoms with E-state index >= 15 is 0 Å². The van der Waals surface area contributed by atoms with E-state index in [9.17, 15) is 14.7 Å². The van der Waals surface area contributed by atoms with Crippen molar-refractivity contribution in [2.75, 3.05) is 6.54 Å². The van der Waals surface area contributed by atoms with Crippen LogP contribution in [-0.4, -0.2) is 28.5 Å². The SMILES string of the molecule is O=C(O)C1C2C=CC(C2)C1C(=O)NCCc1ccncc1. The first-order valence-electron chi connectivity index (χ1n) is 7.24. The van der Waals surface area contributed by atoms with Crippen LogP contribution in [0.15, 0.2) is 36.7 Å². The average Bonchev–Trinajstić information content (AvgIpc) is 3.08. The quantitative estimate of drug-likeness (QED) is 0.799. The molecule has 110 valence electrons. The third kappa shape index (κ3) is 2.68. The normalized spacial score (nSPS) is 29.5. The summed E-state index contributed by atoms with van der Waals surface area (Å²) < 4.78 is 0. The molecule has 2 N–H and O–H groups in total. The Kier molecular flexibility index (Phi) is 3.73. The van der Waals surface area contributed by atoms with Crippen molar-refractivity contribution >= 4 is 11.9 Å². The standard InChI is InChI=1S/C16H18N2O3/c19-15(18-8-5-10-3-6-17-7-4-10)13-11-1-2-12(9-11)14(13)16(20)21/h1-4,6-7,11-14H,5,8-9H2,(H,18,19)(H,20,21). The molecule has 1 heterocycles. The highest BCUT2D eigenvalue weighted by Gasteiger charge is 2.51. The molecule has 0 saturated heterocycles. The summed E-state index contributed by atoms with van der Waals surface area (Å²) in [6.07, 6.45) is 8.90. The van der Waals surface area contributed by atoms with Crippen molar-refractivity contribution in [1.82, 2.24) is 10.3 Å². The van der Waals surface area contributed by atoms with E-state index in [4.69, 9.17) is 0 Å². The molecule has 5 nitrogen and oxygen atoms in total. The molecule has 2 aliphatic carbocycles. The van der Waals surface area contributed by atoms with E-state index in [0.717, 1.165) is 18.4 Å². The number of carbonyl (C=O) groups is 2. The molecule has 21 heavy (non-hydrogen) atoms. The van der Waals surface area contributed by atoms with Crippen LogP contribution in [0.3, 0.4) is 0 Å². The summed E-state index contributed by atoms with van der Waals surface area (Å²) >= 11 is 0. The number of nitrogens with one attached hydrogen (secondary N) is 1. The molecule has 0 spiro atoms. The fourth-order valence-electron chi connectivity index (χ4n) is 3.51. The molecule has 1 amide bonds. The summed E-state index contributed by atoms with van der Waals surface area (Å²) in [6, 6.07) is 3.82. The fraction of sp³-hybridized carbons (Fsp3) is 0.438. The zero-order valence-electron chi connectivity index (χ0n) is 11.6. The number of aromatic nitrogens is 1. The van der Waals surface area contributed by atoms with Gasteiger partial charge in [0.25, 0.3) is 0 Å². The van der Waals surface area contributed by atoms with Crippen LogP contribution in [0.25, 0.3) is 0 Å². The molecular formula is C16H18N2O3. The molecule has 0 aliphatic heterocycles. The van der Waals surface area contributed by atoms with Crippen LogP contribution < -0.4 is 5.32 Å². The Bertz CT molecular complexity index is 570. The van der Waals surface area contributed by atoms with Crippen LogP contribution in [0.4, 0.5) is 0 Å². The molecule has 5 heteroatoms. The van der Waals surface area contributed by atoms with Gasteiger partial charge in [0.15, 0.2) is 0 Å². The number of allylic oxidation sites excluding steroid dienone is 2. The van der Waals surface area contributed by atoms with Crippen molar-refractivity contribution in [2.24, 2.45) is 23.7 Å². The maximum atomic E-state index is 12.3. The second-order valence-electron chi connectivity index (χ2n) is 5.73. The van der Waals surface area contributed by atoms with Gasteiger partial charge in [-0.05, 0) is 42.4 Å². The van der Waals surface area contributed by atoms with E-state index in [-0.39, 0.29) is 17.7 Å². The molecular weight excluding hydrogens is 268 g/mol. The van der Waals surface area contributed by atoms with E-state index in [1.54, 1.807) is 12.4 Å². The number of carboxylic acid groups (broad SMARTS) is 1. The van der Waals surface area contributed by atoms with Gasteiger partial charge >= 0.3 is 5.97 Å². The lowest BCUT2D eigenvalue weighted by atomic mass is 9.82. The third-order valence-corrected chi connectivity index (χ3v) is 4.51. The molecule has 1 aromatic rings. The van der Waals surface area contributed by atoms with Gasteiger partial charge in [-0.1, -0.05) is 12.2 Å². The van der Waals surface area contributed by atoms with Crippen molar-refractivity contribution in [3.05, 3.63) is 42.2 Å². The Hall–Kier alpha value is -2.17. The number of fused-ring (bicyclic) bond motifs is 2. The number of aliphatic carboxylic acids is 1. The topological polar surface area (TPSA) is 79.3 Å². The molecule has 2 bridgehead atoms. The number of pyridine rings is 1. The van der Waals surface area contributed by atoms with Gasteiger partial charge in [-0.25, -0.2) is 0 Å². The lowest BCUT2D eigenvalue weighted by Crippen LogP contribution is -2.40. The first-order valence-corrected chi connectivity index (χ1v) is 7.24. The minimum Gasteiger partial charge on any atom is -0.481 e. The lowest BCUT2D eigenvalue weighted by molar-refractivity contribution is -0.147. The van der Waals surface area contributed by atoms with Gasteiger partial charge in [0, 0.05) is 18.9 Å². The van der Waals surface area contributed by atoms with E-state index in [0.29, 0.717) is 6.54 Å². The Balaban J connectivity index is 1.58. The zero-order chi connectivity index (χ0) is 14.8. The van der Waals surface area contributed by atoms with Crippen molar-refractivity contribution in [3.63, 3.8) is 0 Å². The predicted molar refractivity (Wildman–Crippen MR) is 76.3 cm³/mol. The summed E-state index contributed by atoms with van der Waals surface area (Å²) in [7, 11) is 0. The Labute approximate surface area is 123 Å². The van der Waals surface area contributed by atoms with Crippen LogP contribution in [0.5, 0.6) is 0 Å². The number of hydrogen-bond donors (Lipinski definition) is 2. The summed E-state index contributed by atoms with van der Waals surface area (Å²) in [5.41, 5.74) is 1.10. The molecule has 0 aromatic carbocycles. The average molecular weight is 286 g/mol. The van der Waals surface area contributed by atoms with Crippen molar-refractivity contribution in [2.45, 2.75) is 12.8 Å². The van der Waals surface area contributed by atoms with Crippen LogP contribution in [0.2, 0.25) is 0 Å². The van der Waals surface area contributed by atoms with Crippen LogP contribution in [0, 0.1) is 23.7 Å². The van der Waals surface area contributed by atoms with E-state index in [1.807, 2.05) is 24.3 Å². The van der Waals surface area contributed by atoms with Gasteiger partial charge in [-0.2, -0.15) is 0 Å². The van der Waals surface area contributed by atoms with E-state index < -0.39 is 17.8 Å². The highest BCUT2D eigenvalue weighted by atomic mass is 16.4. The number of amides is 1. The zero-order valence-corrected chi connectivity index (χ0v) is 11.6. The van der Waals surface area contributed by atoms with Crippen molar-refractivity contribution in [1.29, 1.82) is 0 Å². The second-order valence-corrected chi connectivity index (χ2v) is 5.73. The van der Waals surface area contributed by atoms with Gasteiger partial charge in [0.2, 0.25) is 5.91 Å². The summed E-state index contributed by atoms with van der Waals surface area (Å²) in [4.78, 5) is 27.6. The van der Waals surface area contributed by atoms with Crippen LogP contribution in [0.1, 0.15) is 12.0 Å². The number of hydrogen-bond acceptors (Lipinski definition) is 3. The minimum absolute atomic E-state index is 0.0171. The number of nitrogens with zero attached hydrogens (tertiary/aromatic N) is 1. The number of carboxylic acids is 1. The maximum Gasteiger partial charge on any atom is 0.307 e. The molecule has 1 aromatic heterocycles. The molecule has 4 atom stereocenters. The summed E-state index contributed by atoms with van der Waals surface area (Å²) in [6.45, 7) is 0.521. The predicted octanol–water partition coefficient (Wildman–Crippen LogP) is 1.26.